The molecule has 0 atom stereocenters. The van der Waals surface area contributed by atoms with Crippen molar-refractivity contribution in [1.82, 2.24) is 30.4 Å². The molecule has 3 rings (SSSR count). The van der Waals surface area contributed by atoms with Gasteiger partial charge >= 0.3 is 0 Å². The third kappa shape index (κ3) is 3.53. The zero-order valence-corrected chi connectivity index (χ0v) is 12.1. The van der Waals surface area contributed by atoms with E-state index in [0.717, 1.165) is 44.2 Å². The number of aromatic nitrogens is 4. The van der Waals surface area contributed by atoms with E-state index in [0.29, 0.717) is 0 Å². The molecule has 1 saturated heterocycles. The molecular weight excluding hydrogens is 276 g/mol. The first-order chi connectivity index (χ1) is 9.43. The first-order valence-electron chi connectivity index (χ1n) is 6.69. The van der Waals surface area contributed by atoms with E-state index >= 15 is 0 Å². The Kier molecular flexibility index (Phi) is 5.46. The molecular formula is C13H19ClN6. The normalized spacial score (nSPS) is 16.4. The van der Waals surface area contributed by atoms with Crippen LogP contribution in [0.5, 0.6) is 0 Å². The number of nitrogens with one attached hydrogen (secondary N) is 1. The molecule has 108 valence electrons. The van der Waals surface area contributed by atoms with Crippen molar-refractivity contribution in [3.8, 4) is 5.69 Å². The van der Waals surface area contributed by atoms with Crippen molar-refractivity contribution in [2.45, 2.75) is 13.0 Å². The zero-order valence-electron chi connectivity index (χ0n) is 11.3. The van der Waals surface area contributed by atoms with Gasteiger partial charge in [-0.1, -0.05) is 18.2 Å². The highest BCUT2D eigenvalue weighted by atomic mass is 35.5. The number of hydrogen-bond acceptors (Lipinski definition) is 5. The molecule has 1 fully saturated rings. The summed E-state index contributed by atoms with van der Waals surface area (Å²) in [5.74, 6) is 0.896. The van der Waals surface area contributed by atoms with E-state index in [4.69, 9.17) is 0 Å². The molecule has 7 heteroatoms. The Balaban J connectivity index is 0.00000147. The lowest BCUT2D eigenvalue weighted by Crippen LogP contribution is -2.29. The van der Waals surface area contributed by atoms with E-state index in [1.807, 2.05) is 35.0 Å². The summed E-state index contributed by atoms with van der Waals surface area (Å²) in [5, 5.41) is 15.5. The quantitative estimate of drug-likeness (QED) is 0.911. The molecule has 1 aromatic carbocycles. The van der Waals surface area contributed by atoms with Crippen LogP contribution in [0.15, 0.2) is 30.3 Å². The summed E-state index contributed by atoms with van der Waals surface area (Å²) >= 11 is 0. The first kappa shape index (κ1) is 14.9. The SMILES string of the molecule is Cl.c1ccc(-n2nnnc2CN2CCCNCC2)cc1. The smallest absolute Gasteiger partial charge is 0.170 e. The maximum absolute atomic E-state index is 4.16. The zero-order chi connectivity index (χ0) is 12.9. The number of nitrogens with zero attached hydrogens (tertiary/aromatic N) is 5. The highest BCUT2D eigenvalue weighted by molar-refractivity contribution is 5.85. The maximum Gasteiger partial charge on any atom is 0.170 e. The van der Waals surface area contributed by atoms with Gasteiger partial charge in [0.1, 0.15) is 0 Å². The topological polar surface area (TPSA) is 58.9 Å². The van der Waals surface area contributed by atoms with Crippen LogP contribution >= 0.6 is 12.4 Å². The summed E-state index contributed by atoms with van der Waals surface area (Å²) in [5.41, 5.74) is 1.01. The number of halogens is 1. The standard InChI is InChI=1S/C13H18N6.ClH/c1-2-5-12(6-3-1)19-13(15-16-17-19)11-18-9-4-7-14-8-10-18;/h1-3,5-6,14H,4,7-11H2;1H. The van der Waals surface area contributed by atoms with E-state index < -0.39 is 0 Å². The maximum atomic E-state index is 4.16. The summed E-state index contributed by atoms with van der Waals surface area (Å²) in [7, 11) is 0. The lowest BCUT2D eigenvalue weighted by atomic mass is 10.3. The van der Waals surface area contributed by atoms with E-state index in [1.54, 1.807) is 0 Å². The summed E-state index contributed by atoms with van der Waals surface area (Å²) in [6.45, 7) is 5.06. The second-order valence-electron chi connectivity index (χ2n) is 4.72. The lowest BCUT2D eigenvalue weighted by Gasteiger charge is -2.18. The molecule has 0 radical (unpaired) electrons. The molecule has 0 aliphatic carbocycles. The molecule has 2 aromatic rings. The Hall–Kier alpha value is -1.50. The van der Waals surface area contributed by atoms with Crippen LogP contribution < -0.4 is 5.32 Å². The summed E-state index contributed by atoms with van der Waals surface area (Å²) in [6, 6.07) is 10.0. The molecule has 0 amide bonds. The summed E-state index contributed by atoms with van der Waals surface area (Å²) in [6.07, 6.45) is 1.17. The van der Waals surface area contributed by atoms with Gasteiger partial charge in [-0.15, -0.1) is 17.5 Å². The van der Waals surface area contributed by atoms with Gasteiger partial charge in [0.05, 0.1) is 12.2 Å². The Morgan fingerprint density at radius 1 is 1.10 bits per heavy atom. The molecule has 1 aliphatic heterocycles. The molecule has 2 heterocycles. The number of hydrogen-bond donors (Lipinski definition) is 1. The van der Waals surface area contributed by atoms with Crippen molar-refractivity contribution in [3.63, 3.8) is 0 Å². The molecule has 1 aromatic heterocycles. The fraction of sp³-hybridized carbons (Fsp3) is 0.462. The van der Waals surface area contributed by atoms with Gasteiger partial charge in [-0.3, -0.25) is 4.90 Å². The van der Waals surface area contributed by atoms with Crippen LogP contribution in [0, 0.1) is 0 Å². The first-order valence-corrected chi connectivity index (χ1v) is 6.69. The van der Waals surface area contributed by atoms with E-state index in [-0.39, 0.29) is 12.4 Å². The third-order valence-corrected chi connectivity index (χ3v) is 3.33. The monoisotopic (exact) mass is 294 g/mol. The molecule has 0 bridgehead atoms. The van der Waals surface area contributed by atoms with Crippen LogP contribution in [0.3, 0.4) is 0 Å². The fourth-order valence-electron chi connectivity index (χ4n) is 2.33. The Bertz CT molecular complexity index is 507. The lowest BCUT2D eigenvalue weighted by molar-refractivity contribution is 0.275. The second-order valence-corrected chi connectivity index (χ2v) is 4.72. The van der Waals surface area contributed by atoms with Gasteiger partial charge in [0.25, 0.3) is 0 Å². The van der Waals surface area contributed by atoms with Crippen molar-refractivity contribution in [2.24, 2.45) is 0 Å². The Labute approximate surface area is 124 Å². The third-order valence-electron chi connectivity index (χ3n) is 3.33. The number of rotatable bonds is 3. The van der Waals surface area contributed by atoms with Gasteiger partial charge in [-0.05, 0) is 42.1 Å². The van der Waals surface area contributed by atoms with E-state index in [1.165, 1.54) is 6.42 Å². The summed E-state index contributed by atoms with van der Waals surface area (Å²) < 4.78 is 1.82. The molecule has 20 heavy (non-hydrogen) atoms. The van der Waals surface area contributed by atoms with Crippen LogP contribution in [-0.4, -0.2) is 51.3 Å². The van der Waals surface area contributed by atoms with Crippen molar-refractivity contribution in [3.05, 3.63) is 36.2 Å². The van der Waals surface area contributed by atoms with Crippen LogP contribution in [0.4, 0.5) is 0 Å². The minimum Gasteiger partial charge on any atom is -0.315 e. The molecule has 0 unspecified atom stereocenters. The number of para-hydroxylation sites is 1. The fourth-order valence-corrected chi connectivity index (χ4v) is 2.33. The van der Waals surface area contributed by atoms with Gasteiger partial charge in [0.2, 0.25) is 0 Å². The van der Waals surface area contributed by atoms with Crippen LogP contribution in [0.2, 0.25) is 0 Å². The van der Waals surface area contributed by atoms with E-state index in [9.17, 15) is 0 Å². The predicted molar refractivity (Wildman–Crippen MR) is 79.2 cm³/mol. The Morgan fingerprint density at radius 2 is 1.95 bits per heavy atom. The minimum absolute atomic E-state index is 0. The van der Waals surface area contributed by atoms with Crippen molar-refractivity contribution >= 4 is 12.4 Å². The van der Waals surface area contributed by atoms with Crippen LogP contribution in [0.1, 0.15) is 12.2 Å². The molecule has 0 saturated carbocycles. The minimum atomic E-state index is 0. The van der Waals surface area contributed by atoms with Crippen LogP contribution in [0.25, 0.3) is 5.69 Å². The number of benzene rings is 1. The highest BCUT2D eigenvalue weighted by Crippen LogP contribution is 2.09. The summed E-state index contributed by atoms with van der Waals surface area (Å²) in [4.78, 5) is 2.39. The average molecular weight is 295 g/mol. The molecule has 0 spiro atoms. The van der Waals surface area contributed by atoms with Gasteiger partial charge in [-0.25, -0.2) is 0 Å². The van der Waals surface area contributed by atoms with Gasteiger partial charge < -0.3 is 5.32 Å². The molecule has 1 aliphatic rings. The van der Waals surface area contributed by atoms with Gasteiger partial charge in [0.15, 0.2) is 5.82 Å². The number of tetrazole rings is 1. The Morgan fingerprint density at radius 3 is 2.80 bits per heavy atom. The molecule has 1 N–H and O–H groups in total. The van der Waals surface area contributed by atoms with Gasteiger partial charge in [-0.2, -0.15) is 4.68 Å². The average Bonchev–Trinajstić information content (AvgIpc) is 2.75. The van der Waals surface area contributed by atoms with Crippen LogP contribution in [-0.2, 0) is 6.54 Å². The van der Waals surface area contributed by atoms with Crippen molar-refractivity contribution in [1.29, 1.82) is 0 Å². The van der Waals surface area contributed by atoms with Crippen molar-refractivity contribution < 1.29 is 0 Å². The predicted octanol–water partition coefficient (Wildman–Crippen LogP) is 0.879. The largest absolute Gasteiger partial charge is 0.315 e. The second kappa shape index (κ2) is 7.33. The highest BCUT2D eigenvalue weighted by Gasteiger charge is 2.14. The molecule has 6 nitrogen and oxygen atoms in total. The van der Waals surface area contributed by atoms with Gasteiger partial charge in [0, 0.05) is 13.1 Å². The van der Waals surface area contributed by atoms with E-state index in [2.05, 4.69) is 25.7 Å². The van der Waals surface area contributed by atoms with Crippen molar-refractivity contribution in [2.75, 3.05) is 26.2 Å².